The molecule has 3 nitrogen and oxygen atoms in total. The lowest BCUT2D eigenvalue weighted by Gasteiger charge is -2.14. The summed E-state index contributed by atoms with van der Waals surface area (Å²) < 4.78 is 95.8. The largest absolute Gasteiger partial charge is 0.417 e. The molecule has 0 aliphatic heterocycles. The minimum atomic E-state index is -5.12. The Bertz CT molecular complexity index is 560. The van der Waals surface area contributed by atoms with Gasteiger partial charge in [0, 0.05) is 0 Å². The van der Waals surface area contributed by atoms with Gasteiger partial charge in [-0.25, -0.2) is 13.6 Å². The Kier molecular flexibility index (Phi) is 3.38. The van der Waals surface area contributed by atoms with Crippen molar-refractivity contribution in [3.63, 3.8) is 0 Å². The van der Waals surface area contributed by atoms with Crippen molar-refractivity contribution in [2.45, 2.75) is 17.2 Å². The van der Waals surface area contributed by atoms with E-state index in [2.05, 4.69) is 5.14 Å². The average Bonchev–Trinajstić information content (AvgIpc) is 2.12. The normalized spacial score (nSPS) is 13.7. The number of sulfonamides is 1. The zero-order chi connectivity index (χ0) is 14.4. The van der Waals surface area contributed by atoms with E-state index in [1.54, 1.807) is 0 Å². The molecule has 0 fully saturated rings. The molecule has 18 heavy (non-hydrogen) atoms. The molecule has 0 bridgehead atoms. The van der Waals surface area contributed by atoms with E-state index in [0.717, 1.165) is 0 Å². The topological polar surface area (TPSA) is 60.2 Å². The number of nitrogens with two attached hydrogens (primary N) is 1. The lowest BCUT2D eigenvalue weighted by atomic mass is 10.1. The number of halogens is 6. The van der Waals surface area contributed by atoms with Gasteiger partial charge in [-0.2, -0.15) is 26.3 Å². The number of hydrogen-bond acceptors (Lipinski definition) is 2. The first kappa shape index (κ1) is 14.8. The monoisotopic (exact) mass is 293 g/mol. The third kappa shape index (κ3) is 3.13. The molecule has 10 heteroatoms. The molecule has 0 saturated carbocycles. The van der Waals surface area contributed by atoms with Gasteiger partial charge in [0.1, 0.15) is 0 Å². The summed E-state index contributed by atoms with van der Waals surface area (Å²) in [4.78, 5) is -1.61. The van der Waals surface area contributed by atoms with Gasteiger partial charge in [-0.15, -0.1) is 0 Å². The molecule has 0 saturated heterocycles. The lowest BCUT2D eigenvalue weighted by molar-refractivity contribution is -0.143. The zero-order valence-corrected chi connectivity index (χ0v) is 9.12. The molecule has 0 aromatic heterocycles. The quantitative estimate of drug-likeness (QED) is 0.808. The van der Waals surface area contributed by atoms with Crippen LogP contribution in [0.1, 0.15) is 11.1 Å². The smallest absolute Gasteiger partial charge is 0.225 e. The molecular formula is C8H5F6NO2S. The second-order valence-corrected chi connectivity index (χ2v) is 4.78. The molecule has 0 radical (unpaired) electrons. The summed E-state index contributed by atoms with van der Waals surface area (Å²) in [7, 11) is -4.92. The highest BCUT2D eigenvalue weighted by Gasteiger charge is 2.39. The van der Waals surface area contributed by atoms with E-state index in [1.807, 2.05) is 0 Å². The predicted molar refractivity (Wildman–Crippen MR) is 47.8 cm³/mol. The number of alkyl halides is 6. The van der Waals surface area contributed by atoms with Gasteiger partial charge in [-0.05, 0) is 18.2 Å². The van der Waals surface area contributed by atoms with Crippen LogP contribution in [0, 0.1) is 0 Å². The van der Waals surface area contributed by atoms with Gasteiger partial charge in [-0.1, -0.05) is 0 Å². The Morgan fingerprint density at radius 1 is 0.944 bits per heavy atom. The van der Waals surface area contributed by atoms with E-state index in [4.69, 9.17) is 0 Å². The Balaban J connectivity index is 3.61. The zero-order valence-electron chi connectivity index (χ0n) is 8.30. The van der Waals surface area contributed by atoms with E-state index in [9.17, 15) is 34.8 Å². The van der Waals surface area contributed by atoms with Crippen LogP contribution in [-0.4, -0.2) is 8.42 Å². The molecule has 0 spiro atoms. The first-order valence-electron chi connectivity index (χ1n) is 4.15. The maximum absolute atomic E-state index is 12.4. The van der Waals surface area contributed by atoms with E-state index < -0.39 is 38.4 Å². The van der Waals surface area contributed by atoms with E-state index >= 15 is 0 Å². The second-order valence-electron chi connectivity index (χ2n) is 3.25. The van der Waals surface area contributed by atoms with Gasteiger partial charge >= 0.3 is 12.4 Å². The SMILES string of the molecule is NS(=O)(=O)c1cc(C(F)(F)F)ccc1C(F)(F)F. The van der Waals surface area contributed by atoms with Gasteiger partial charge < -0.3 is 0 Å². The van der Waals surface area contributed by atoms with Crippen molar-refractivity contribution in [1.82, 2.24) is 0 Å². The van der Waals surface area contributed by atoms with Crippen LogP contribution in [0.3, 0.4) is 0 Å². The highest BCUT2D eigenvalue weighted by molar-refractivity contribution is 7.89. The predicted octanol–water partition coefficient (Wildman–Crippen LogP) is 2.37. The van der Waals surface area contributed by atoms with Crippen molar-refractivity contribution in [2.24, 2.45) is 5.14 Å². The molecule has 1 aromatic carbocycles. The fraction of sp³-hybridized carbons (Fsp3) is 0.250. The molecule has 2 N–H and O–H groups in total. The highest BCUT2D eigenvalue weighted by atomic mass is 32.2. The lowest BCUT2D eigenvalue weighted by Crippen LogP contribution is -2.20. The van der Waals surface area contributed by atoms with Crippen LogP contribution < -0.4 is 5.14 Å². The summed E-state index contributed by atoms with van der Waals surface area (Å²) in [6.45, 7) is 0. The number of primary sulfonamides is 1. The van der Waals surface area contributed by atoms with Gasteiger partial charge in [0.2, 0.25) is 10.0 Å². The molecular weight excluding hydrogens is 288 g/mol. The van der Waals surface area contributed by atoms with Gasteiger partial charge in [0.05, 0.1) is 16.0 Å². The minimum Gasteiger partial charge on any atom is -0.225 e. The molecule has 102 valence electrons. The fourth-order valence-corrected chi connectivity index (χ4v) is 1.95. The highest BCUT2D eigenvalue weighted by Crippen LogP contribution is 2.37. The number of benzene rings is 1. The van der Waals surface area contributed by atoms with Crippen LogP contribution in [-0.2, 0) is 22.4 Å². The van der Waals surface area contributed by atoms with Crippen molar-refractivity contribution >= 4 is 10.0 Å². The summed E-state index contributed by atoms with van der Waals surface area (Å²) in [5, 5.41) is 4.47. The molecule has 0 unspecified atom stereocenters. The Hall–Kier alpha value is -1.29. The first-order chi connectivity index (χ1) is 7.83. The maximum Gasteiger partial charge on any atom is 0.417 e. The van der Waals surface area contributed by atoms with Crippen molar-refractivity contribution in [3.05, 3.63) is 29.3 Å². The maximum atomic E-state index is 12.4. The summed E-state index contributed by atoms with van der Waals surface area (Å²) in [6, 6.07) is 0.0260. The van der Waals surface area contributed by atoms with Crippen LogP contribution in [0.15, 0.2) is 23.1 Å². The van der Waals surface area contributed by atoms with Crippen LogP contribution in [0.2, 0.25) is 0 Å². The van der Waals surface area contributed by atoms with E-state index in [-0.39, 0.29) is 18.2 Å². The third-order valence-corrected chi connectivity index (χ3v) is 2.87. The molecule has 1 aromatic rings. The van der Waals surface area contributed by atoms with Crippen molar-refractivity contribution in [1.29, 1.82) is 0 Å². The van der Waals surface area contributed by atoms with Crippen molar-refractivity contribution < 1.29 is 34.8 Å². The van der Waals surface area contributed by atoms with E-state index in [0.29, 0.717) is 0 Å². The minimum absolute atomic E-state index is 0.0303. The Morgan fingerprint density at radius 3 is 1.78 bits per heavy atom. The van der Waals surface area contributed by atoms with Gasteiger partial charge in [0.25, 0.3) is 0 Å². The first-order valence-corrected chi connectivity index (χ1v) is 5.69. The van der Waals surface area contributed by atoms with Crippen molar-refractivity contribution in [2.75, 3.05) is 0 Å². The standard InChI is InChI=1S/C8H5F6NO2S/c9-7(10,11)4-1-2-5(8(12,13)14)6(3-4)18(15,16)17/h1-3H,(H2,15,16,17). The third-order valence-electron chi connectivity index (χ3n) is 1.92. The molecule has 0 amide bonds. The Morgan fingerprint density at radius 2 is 1.44 bits per heavy atom. The van der Waals surface area contributed by atoms with Gasteiger partial charge in [-0.3, -0.25) is 0 Å². The molecule has 0 atom stereocenters. The molecule has 0 aliphatic carbocycles. The summed E-state index contributed by atoms with van der Waals surface area (Å²) in [5.74, 6) is 0. The number of rotatable bonds is 1. The van der Waals surface area contributed by atoms with Crippen LogP contribution in [0.25, 0.3) is 0 Å². The summed E-state index contributed by atoms with van der Waals surface area (Å²) >= 11 is 0. The second kappa shape index (κ2) is 4.12. The van der Waals surface area contributed by atoms with Gasteiger partial charge in [0.15, 0.2) is 0 Å². The fourth-order valence-electron chi connectivity index (χ4n) is 1.17. The van der Waals surface area contributed by atoms with Crippen LogP contribution in [0.4, 0.5) is 26.3 Å². The molecule has 0 heterocycles. The van der Waals surface area contributed by atoms with Crippen LogP contribution in [0.5, 0.6) is 0 Å². The average molecular weight is 293 g/mol. The molecule has 0 aliphatic rings. The van der Waals surface area contributed by atoms with Crippen molar-refractivity contribution in [3.8, 4) is 0 Å². The summed E-state index contributed by atoms with van der Waals surface area (Å²) in [6.07, 6.45) is -10.1. The van der Waals surface area contributed by atoms with Crippen LogP contribution >= 0.6 is 0 Å². The summed E-state index contributed by atoms with van der Waals surface area (Å²) in [5.41, 5.74) is -3.27. The number of hydrogen-bond donors (Lipinski definition) is 1. The van der Waals surface area contributed by atoms with E-state index in [1.165, 1.54) is 0 Å². The molecule has 1 rings (SSSR count). The Labute approximate surface area is 97.3 Å².